The van der Waals surface area contributed by atoms with Crippen LogP contribution in [0.4, 0.5) is 11.5 Å². The Bertz CT molecular complexity index is 1340. The molecule has 38 heavy (non-hydrogen) atoms. The summed E-state index contributed by atoms with van der Waals surface area (Å²) in [7, 11) is 2.17. The topological polar surface area (TPSA) is 109 Å². The van der Waals surface area contributed by atoms with E-state index in [9.17, 15) is 9.59 Å². The molecule has 2 aromatic heterocycles. The molecule has 9 nitrogen and oxygen atoms in total. The maximum absolute atomic E-state index is 13.4. The lowest BCUT2D eigenvalue weighted by molar-refractivity contribution is -0.146. The summed E-state index contributed by atoms with van der Waals surface area (Å²) in [5, 5.41) is 8.80. The molecule has 1 aromatic carbocycles. The molecule has 3 aromatic rings. The van der Waals surface area contributed by atoms with E-state index in [1.807, 2.05) is 6.92 Å². The van der Waals surface area contributed by atoms with Gasteiger partial charge in [0.25, 0.3) is 0 Å². The molecule has 202 valence electrons. The van der Waals surface area contributed by atoms with Gasteiger partial charge < -0.3 is 20.9 Å². The summed E-state index contributed by atoms with van der Waals surface area (Å²) in [6.45, 7) is 9.06. The lowest BCUT2D eigenvalue weighted by Gasteiger charge is -2.38. The zero-order valence-corrected chi connectivity index (χ0v) is 22.9. The summed E-state index contributed by atoms with van der Waals surface area (Å²) in [5.41, 5.74) is 9.16. The van der Waals surface area contributed by atoms with E-state index < -0.39 is 11.8 Å². The van der Waals surface area contributed by atoms with Crippen LogP contribution in [0.15, 0.2) is 36.7 Å². The van der Waals surface area contributed by atoms with E-state index in [4.69, 9.17) is 10.8 Å². The summed E-state index contributed by atoms with van der Waals surface area (Å²) in [4.78, 5) is 34.7. The molecule has 0 spiro atoms. The van der Waals surface area contributed by atoms with Crippen molar-refractivity contribution < 1.29 is 9.59 Å². The quantitative estimate of drug-likeness (QED) is 0.506. The van der Waals surface area contributed by atoms with Crippen LogP contribution >= 0.6 is 0 Å². The second-order valence-corrected chi connectivity index (χ2v) is 11.3. The van der Waals surface area contributed by atoms with Crippen molar-refractivity contribution in [3.05, 3.63) is 47.8 Å². The van der Waals surface area contributed by atoms with Gasteiger partial charge in [0.1, 0.15) is 5.82 Å². The predicted molar refractivity (Wildman–Crippen MR) is 150 cm³/mol. The van der Waals surface area contributed by atoms with Crippen molar-refractivity contribution in [1.82, 2.24) is 24.6 Å². The minimum Gasteiger partial charge on any atom is -0.383 e. The van der Waals surface area contributed by atoms with E-state index in [2.05, 4.69) is 65.2 Å². The van der Waals surface area contributed by atoms with Crippen molar-refractivity contribution in [2.24, 2.45) is 11.8 Å². The molecule has 2 amide bonds. The highest BCUT2D eigenvalue weighted by atomic mass is 16.2. The van der Waals surface area contributed by atoms with Gasteiger partial charge >= 0.3 is 11.8 Å². The number of anilines is 2. The van der Waals surface area contributed by atoms with Crippen molar-refractivity contribution in [1.29, 1.82) is 0 Å². The number of carbonyl (C=O) groups is 2. The Morgan fingerprint density at radius 3 is 2.71 bits per heavy atom. The fourth-order valence-corrected chi connectivity index (χ4v) is 6.08. The van der Waals surface area contributed by atoms with Gasteiger partial charge in [-0.3, -0.25) is 14.3 Å². The molecule has 5 rings (SSSR count). The average molecular weight is 518 g/mol. The Morgan fingerprint density at radius 2 is 1.95 bits per heavy atom. The van der Waals surface area contributed by atoms with E-state index in [0.29, 0.717) is 42.3 Å². The first-order valence-electron chi connectivity index (χ1n) is 13.8. The Kier molecular flexibility index (Phi) is 7.38. The van der Waals surface area contributed by atoms with Crippen LogP contribution in [-0.2, 0) is 16.0 Å². The largest absolute Gasteiger partial charge is 0.383 e. The molecule has 0 bridgehead atoms. The maximum atomic E-state index is 13.4. The van der Waals surface area contributed by atoms with E-state index >= 15 is 0 Å². The lowest BCUT2D eigenvalue weighted by atomic mass is 9.89. The average Bonchev–Trinajstić information content (AvgIpc) is 3.32. The van der Waals surface area contributed by atoms with Gasteiger partial charge in [0.05, 0.1) is 29.5 Å². The molecule has 9 heteroatoms. The number of rotatable bonds is 4. The summed E-state index contributed by atoms with van der Waals surface area (Å²) in [6, 6.07) is 8.28. The highest BCUT2D eigenvalue weighted by molar-refractivity contribution is 6.39. The first-order chi connectivity index (χ1) is 18.2. The number of nitrogens with zero attached hydrogens (tertiary/aromatic N) is 5. The van der Waals surface area contributed by atoms with Crippen LogP contribution < -0.4 is 11.1 Å². The third-order valence-electron chi connectivity index (χ3n) is 8.25. The summed E-state index contributed by atoms with van der Waals surface area (Å²) in [6.07, 6.45) is 7.22. The van der Waals surface area contributed by atoms with E-state index in [0.717, 1.165) is 54.4 Å². The molecule has 2 aliphatic heterocycles. The van der Waals surface area contributed by atoms with E-state index in [1.165, 1.54) is 6.20 Å². The number of nitrogen functional groups attached to an aromatic ring is 1. The SMILES string of the molecule is CCc1cc(NC(=O)C(=O)N2C[C@@H](C)CC[C@@H]2c2ccc3cn(C4CCN(C)C[C@H]4C)nc3c2)cnc1N. The number of nitrogens with one attached hydrogen (secondary N) is 1. The molecule has 0 aliphatic carbocycles. The normalized spacial score (nSPS) is 24.5. The number of amides is 2. The standard InChI is InChI=1S/C29H39N7O2/c1-5-20-12-23(14-31-27(20)30)32-28(37)29(38)35-15-18(2)6-9-26(35)21-7-8-22-17-36(33-24(22)13-21)25-10-11-34(4)16-19(25)3/h7-8,12-14,17-19,25-26H,5-6,9-11,15-16H2,1-4H3,(H2,30,31)(H,32,37)/t18-,19+,25?,26+/m0/s1. The van der Waals surface area contributed by atoms with Gasteiger partial charge in [0.2, 0.25) is 0 Å². The molecule has 0 radical (unpaired) electrons. The molecule has 2 saturated heterocycles. The highest BCUT2D eigenvalue weighted by Gasteiger charge is 2.35. The van der Waals surface area contributed by atoms with Gasteiger partial charge in [-0.25, -0.2) is 4.98 Å². The first-order valence-corrected chi connectivity index (χ1v) is 13.8. The molecule has 2 fully saturated rings. The highest BCUT2D eigenvalue weighted by Crippen LogP contribution is 2.35. The number of aryl methyl sites for hydroxylation is 1. The number of nitrogens with two attached hydrogens (primary N) is 1. The minimum absolute atomic E-state index is 0.169. The number of likely N-dealkylation sites (tertiary alicyclic amines) is 2. The van der Waals surface area contributed by atoms with Crippen LogP contribution in [0, 0.1) is 11.8 Å². The third kappa shape index (κ3) is 5.25. The summed E-state index contributed by atoms with van der Waals surface area (Å²) in [5.74, 6) is 0.104. The van der Waals surface area contributed by atoms with Gasteiger partial charge in [-0.15, -0.1) is 0 Å². The second kappa shape index (κ2) is 10.7. The van der Waals surface area contributed by atoms with Gasteiger partial charge in [-0.2, -0.15) is 5.10 Å². The van der Waals surface area contributed by atoms with Crippen LogP contribution in [0.25, 0.3) is 10.9 Å². The summed E-state index contributed by atoms with van der Waals surface area (Å²) < 4.78 is 2.14. The third-order valence-corrected chi connectivity index (χ3v) is 8.25. The molecule has 0 saturated carbocycles. The summed E-state index contributed by atoms with van der Waals surface area (Å²) >= 11 is 0. The zero-order chi connectivity index (χ0) is 27.0. The van der Waals surface area contributed by atoms with Crippen LogP contribution in [0.3, 0.4) is 0 Å². The molecule has 4 atom stereocenters. The van der Waals surface area contributed by atoms with Crippen LogP contribution in [-0.4, -0.2) is 63.1 Å². The van der Waals surface area contributed by atoms with Crippen molar-refractivity contribution in [3.63, 3.8) is 0 Å². The zero-order valence-electron chi connectivity index (χ0n) is 22.9. The van der Waals surface area contributed by atoms with Crippen LogP contribution in [0.5, 0.6) is 0 Å². The van der Waals surface area contributed by atoms with Crippen molar-refractivity contribution in [2.45, 2.75) is 58.5 Å². The van der Waals surface area contributed by atoms with Gasteiger partial charge in [-0.05, 0) is 74.4 Å². The number of fused-ring (bicyclic) bond motifs is 1. The molecule has 4 heterocycles. The Morgan fingerprint density at radius 1 is 1.13 bits per heavy atom. The monoisotopic (exact) mass is 517 g/mol. The fourth-order valence-electron chi connectivity index (χ4n) is 6.08. The second-order valence-electron chi connectivity index (χ2n) is 11.3. The van der Waals surface area contributed by atoms with Crippen molar-refractivity contribution >= 4 is 34.2 Å². The number of piperidine rings is 2. The molecule has 2 aliphatic rings. The minimum atomic E-state index is -0.653. The number of hydrogen-bond acceptors (Lipinski definition) is 6. The van der Waals surface area contributed by atoms with Crippen LogP contribution in [0.2, 0.25) is 0 Å². The lowest BCUT2D eigenvalue weighted by Crippen LogP contribution is -2.46. The molecular weight excluding hydrogens is 478 g/mol. The van der Waals surface area contributed by atoms with E-state index in [1.54, 1.807) is 11.0 Å². The Labute approximate surface area is 224 Å². The fraction of sp³-hybridized carbons (Fsp3) is 0.517. The molecular formula is C29H39N7O2. The molecule has 1 unspecified atom stereocenters. The number of benzene rings is 1. The number of pyridine rings is 1. The number of aromatic nitrogens is 3. The van der Waals surface area contributed by atoms with Crippen molar-refractivity contribution in [3.8, 4) is 0 Å². The van der Waals surface area contributed by atoms with Gasteiger partial charge in [-0.1, -0.05) is 32.9 Å². The van der Waals surface area contributed by atoms with Gasteiger partial charge in [0, 0.05) is 24.7 Å². The van der Waals surface area contributed by atoms with E-state index in [-0.39, 0.29) is 6.04 Å². The maximum Gasteiger partial charge on any atom is 0.313 e. The molecule has 3 N–H and O–H groups in total. The smallest absolute Gasteiger partial charge is 0.313 e. The Balaban J connectivity index is 1.37. The first kappa shape index (κ1) is 26.2. The number of carbonyl (C=O) groups excluding carboxylic acids is 2. The number of hydrogen-bond donors (Lipinski definition) is 2. The van der Waals surface area contributed by atoms with Gasteiger partial charge in [0.15, 0.2) is 0 Å². The van der Waals surface area contributed by atoms with Crippen molar-refractivity contribution in [2.75, 3.05) is 37.7 Å². The predicted octanol–water partition coefficient (Wildman–Crippen LogP) is 4.03. The van der Waals surface area contributed by atoms with Crippen LogP contribution in [0.1, 0.15) is 63.2 Å². The Hall–Kier alpha value is -3.46.